The van der Waals surface area contributed by atoms with Crippen LogP contribution in [0.25, 0.3) is 0 Å². The summed E-state index contributed by atoms with van der Waals surface area (Å²) >= 11 is 0. The van der Waals surface area contributed by atoms with Crippen molar-refractivity contribution in [2.24, 2.45) is 17.2 Å². The summed E-state index contributed by atoms with van der Waals surface area (Å²) in [5, 5.41) is 16.5. The van der Waals surface area contributed by atoms with Crippen molar-refractivity contribution in [2.75, 3.05) is 6.54 Å². The summed E-state index contributed by atoms with van der Waals surface area (Å²) in [5.41, 5.74) is 15.5. The van der Waals surface area contributed by atoms with E-state index in [9.17, 15) is 9.59 Å². The van der Waals surface area contributed by atoms with E-state index in [1.54, 1.807) is 0 Å². The van der Waals surface area contributed by atoms with Gasteiger partial charge in [0.1, 0.15) is 12.1 Å². The molecule has 0 radical (unpaired) electrons. The molecule has 0 aliphatic carbocycles. The number of hydrogen-bond donors (Lipinski definition) is 5. The summed E-state index contributed by atoms with van der Waals surface area (Å²) in [7, 11) is 0. The zero-order valence-electron chi connectivity index (χ0n) is 10.8. The van der Waals surface area contributed by atoms with Gasteiger partial charge in [0.2, 0.25) is 0 Å². The van der Waals surface area contributed by atoms with Crippen molar-refractivity contribution >= 4 is 11.9 Å². The second kappa shape index (κ2) is 12.3. The molecular formula is C11H25N3O4. The minimum Gasteiger partial charge on any atom is -0.480 e. The molecule has 0 bridgehead atoms. The van der Waals surface area contributed by atoms with E-state index >= 15 is 0 Å². The molecule has 0 saturated heterocycles. The number of rotatable bonds is 8. The molecule has 0 aliphatic rings. The van der Waals surface area contributed by atoms with Crippen LogP contribution >= 0.6 is 0 Å². The first kappa shape index (κ1) is 19.2. The van der Waals surface area contributed by atoms with Gasteiger partial charge in [0.15, 0.2) is 0 Å². The van der Waals surface area contributed by atoms with Gasteiger partial charge in [0.25, 0.3) is 0 Å². The lowest BCUT2D eigenvalue weighted by Gasteiger charge is -2.03. The molecule has 2 atom stereocenters. The lowest BCUT2D eigenvalue weighted by Crippen LogP contribution is -2.29. The third kappa shape index (κ3) is 12.9. The van der Waals surface area contributed by atoms with Crippen molar-refractivity contribution in [2.45, 2.75) is 51.1 Å². The molecule has 0 aromatic rings. The molecule has 0 saturated carbocycles. The van der Waals surface area contributed by atoms with Gasteiger partial charge in [-0.05, 0) is 25.8 Å². The van der Waals surface area contributed by atoms with Gasteiger partial charge >= 0.3 is 11.9 Å². The Morgan fingerprint density at radius 1 is 1.00 bits per heavy atom. The fourth-order valence-electron chi connectivity index (χ4n) is 1.07. The first-order valence-corrected chi connectivity index (χ1v) is 6.03. The molecule has 0 rings (SSSR count). The van der Waals surface area contributed by atoms with Crippen molar-refractivity contribution in [1.82, 2.24) is 0 Å². The molecule has 0 aliphatic heterocycles. The minimum atomic E-state index is -0.933. The van der Waals surface area contributed by atoms with Crippen molar-refractivity contribution < 1.29 is 19.8 Å². The molecular weight excluding hydrogens is 238 g/mol. The zero-order valence-corrected chi connectivity index (χ0v) is 10.8. The van der Waals surface area contributed by atoms with Gasteiger partial charge in [0, 0.05) is 0 Å². The molecule has 0 spiro atoms. The van der Waals surface area contributed by atoms with Crippen LogP contribution < -0.4 is 17.2 Å². The normalized spacial score (nSPS) is 13.1. The lowest BCUT2D eigenvalue weighted by atomic mass is 10.1. The Balaban J connectivity index is 0. The third-order valence-electron chi connectivity index (χ3n) is 2.20. The highest BCUT2D eigenvalue weighted by atomic mass is 16.4. The highest BCUT2D eigenvalue weighted by molar-refractivity contribution is 5.73. The average Bonchev–Trinajstić information content (AvgIpc) is 2.30. The molecule has 0 aromatic heterocycles. The Kier molecular flexibility index (Phi) is 13.1. The van der Waals surface area contributed by atoms with Gasteiger partial charge in [-0.15, -0.1) is 0 Å². The maximum Gasteiger partial charge on any atom is 0.320 e. The molecule has 7 nitrogen and oxygen atoms in total. The molecule has 8 N–H and O–H groups in total. The van der Waals surface area contributed by atoms with E-state index in [2.05, 4.69) is 0 Å². The third-order valence-corrected chi connectivity index (χ3v) is 2.20. The maximum atomic E-state index is 10.1. The SMILES string of the molecule is CCC[C@H](N)C(=O)O.NCCCC[C@H](N)C(=O)O. The van der Waals surface area contributed by atoms with E-state index in [1.807, 2.05) is 6.92 Å². The van der Waals surface area contributed by atoms with Crippen LogP contribution in [0.1, 0.15) is 39.0 Å². The maximum absolute atomic E-state index is 10.1. The fraction of sp³-hybridized carbons (Fsp3) is 0.818. The number of carbonyl (C=O) groups is 2. The molecule has 0 unspecified atom stereocenters. The summed E-state index contributed by atoms with van der Waals surface area (Å²) in [4.78, 5) is 20.1. The molecule has 0 fully saturated rings. The van der Waals surface area contributed by atoms with Crippen LogP contribution in [-0.4, -0.2) is 40.8 Å². The first-order valence-electron chi connectivity index (χ1n) is 6.03. The van der Waals surface area contributed by atoms with E-state index in [4.69, 9.17) is 27.4 Å². The largest absolute Gasteiger partial charge is 0.480 e. The second-order valence-electron chi connectivity index (χ2n) is 3.96. The van der Waals surface area contributed by atoms with E-state index < -0.39 is 24.0 Å². The summed E-state index contributed by atoms with van der Waals surface area (Å²) in [6.45, 7) is 2.51. The standard InChI is InChI=1S/C6H14N2O2.C5H11NO2/c7-4-2-1-3-5(8)6(9)10;1-2-3-4(6)5(7)8/h5H,1-4,7-8H2,(H,9,10);4H,2-3,6H2,1H3,(H,7,8)/t5-;4-/m00/s1. The van der Waals surface area contributed by atoms with Crippen LogP contribution in [0.2, 0.25) is 0 Å². The number of carboxylic acid groups (broad SMARTS) is 2. The second-order valence-corrected chi connectivity index (χ2v) is 3.96. The molecule has 0 amide bonds. The van der Waals surface area contributed by atoms with Crippen LogP contribution in [0, 0.1) is 0 Å². The van der Waals surface area contributed by atoms with Crippen molar-refractivity contribution in [1.29, 1.82) is 0 Å². The molecule has 108 valence electrons. The van der Waals surface area contributed by atoms with Gasteiger partial charge in [-0.2, -0.15) is 0 Å². The zero-order chi connectivity index (χ0) is 14.6. The van der Waals surface area contributed by atoms with Crippen LogP contribution in [0.4, 0.5) is 0 Å². The minimum absolute atomic E-state index is 0.520. The van der Waals surface area contributed by atoms with Crippen molar-refractivity contribution in [3.05, 3.63) is 0 Å². The highest BCUT2D eigenvalue weighted by Gasteiger charge is 2.09. The Hall–Kier alpha value is -1.18. The molecule has 7 heteroatoms. The highest BCUT2D eigenvalue weighted by Crippen LogP contribution is 1.97. The van der Waals surface area contributed by atoms with Crippen LogP contribution in [0.3, 0.4) is 0 Å². The number of hydrogen-bond acceptors (Lipinski definition) is 5. The van der Waals surface area contributed by atoms with Crippen LogP contribution in [0.15, 0.2) is 0 Å². The van der Waals surface area contributed by atoms with Gasteiger partial charge < -0.3 is 27.4 Å². The number of carboxylic acids is 2. The van der Waals surface area contributed by atoms with Gasteiger partial charge in [-0.3, -0.25) is 9.59 Å². The topological polar surface area (TPSA) is 153 Å². The molecule has 0 heterocycles. The monoisotopic (exact) mass is 263 g/mol. The number of unbranched alkanes of at least 4 members (excludes halogenated alkanes) is 1. The summed E-state index contributed by atoms with van der Waals surface area (Å²) in [6.07, 6.45) is 3.56. The van der Waals surface area contributed by atoms with E-state index in [0.717, 1.165) is 19.3 Å². The van der Waals surface area contributed by atoms with Crippen molar-refractivity contribution in [3.8, 4) is 0 Å². The Labute approximate surface area is 107 Å². The van der Waals surface area contributed by atoms with Gasteiger partial charge in [-0.25, -0.2) is 0 Å². The smallest absolute Gasteiger partial charge is 0.320 e. The molecule has 0 aromatic carbocycles. The van der Waals surface area contributed by atoms with Crippen LogP contribution in [-0.2, 0) is 9.59 Å². The fourth-order valence-corrected chi connectivity index (χ4v) is 1.07. The Morgan fingerprint density at radius 2 is 1.44 bits per heavy atom. The number of nitrogens with two attached hydrogens (primary N) is 3. The number of aliphatic carboxylic acids is 2. The summed E-state index contributed by atoms with van der Waals surface area (Å²) in [6, 6.07) is -1.38. The van der Waals surface area contributed by atoms with Crippen molar-refractivity contribution in [3.63, 3.8) is 0 Å². The first-order chi connectivity index (χ1) is 8.36. The van der Waals surface area contributed by atoms with E-state index in [1.165, 1.54) is 0 Å². The van der Waals surface area contributed by atoms with Gasteiger partial charge in [-0.1, -0.05) is 19.8 Å². The van der Waals surface area contributed by atoms with Gasteiger partial charge in [0.05, 0.1) is 0 Å². The van der Waals surface area contributed by atoms with E-state index in [-0.39, 0.29) is 0 Å². The lowest BCUT2D eigenvalue weighted by molar-refractivity contribution is -0.139. The summed E-state index contributed by atoms with van der Waals surface area (Å²) < 4.78 is 0. The average molecular weight is 263 g/mol. The van der Waals surface area contributed by atoms with Crippen LogP contribution in [0.5, 0.6) is 0 Å². The predicted octanol–water partition coefficient (Wildman–Crippen LogP) is -0.274. The predicted molar refractivity (Wildman–Crippen MR) is 69.0 cm³/mol. The Bertz CT molecular complexity index is 236. The Morgan fingerprint density at radius 3 is 1.72 bits per heavy atom. The van der Waals surface area contributed by atoms with E-state index in [0.29, 0.717) is 19.4 Å². The summed E-state index contributed by atoms with van der Waals surface area (Å²) in [5.74, 6) is -1.84. The molecule has 18 heavy (non-hydrogen) atoms. The quantitative estimate of drug-likeness (QED) is 0.377.